The number of Topliss-reactive ketones (excluding diaryl/α,β-unsaturated/α-hetero) is 1. The molecule has 0 aliphatic rings. The minimum atomic E-state index is 0.310. The Labute approximate surface area is 82.2 Å². The lowest BCUT2D eigenvalue weighted by molar-refractivity contribution is -0.117. The maximum Gasteiger partial charge on any atom is 0.129 e. The molecule has 13 heavy (non-hydrogen) atoms. The highest BCUT2D eigenvalue weighted by Crippen LogP contribution is 2.10. The molecule has 0 fully saturated rings. The average molecular weight is 182 g/mol. The summed E-state index contributed by atoms with van der Waals surface area (Å²) in [6.07, 6.45) is 9.83. The van der Waals surface area contributed by atoms with Crippen LogP contribution >= 0.6 is 0 Å². The Morgan fingerprint density at radius 2 is 2.15 bits per heavy atom. The third-order valence-corrected chi connectivity index (χ3v) is 2.11. The summed E-state index contributed by atoms with van der Waals surface area (Å²) in [6, 6.07) is 0. The van der Waals surface area contributed by atoms with Gasteiger partial charge in [-0.25, -0.2) is 0 Å². The SMILES string of the molecule is CCC/C=C\C(C)CCCC(C)=O. The number of rotatable bonds is 7. The fourth-order valence-electron chi connectivity index (χ4n) is 1.26. The van der Waals surface area contributed by atoms with Crippen molar-refractivity contribution in [3.05, 3.63) is 12.2 Å². The highest BCUT2D eigenvalue weighted by atomic mass is 16.1. The van der Waals surface area contributed by atoms with Gasteiger partial charge in [-0.05, 0) is 32.1 Å². The smallest absolute Gasteiger partial charge is 0.129 e. The predicted molar refractivity (Wildman–Crippen MR) is 57.7 cm³/mol. The van der Waals surface area contributed by atoms with E-state index in [2.05, 4.69) is 26.0 Å². The van der Waals surface area contributed by atoms with Crippen molar-refractivity contribution in [2.24, 2.45) is 5.92 Å². The zero-order chi connectivity index (χ0) is 10.1. The van der Waals surface area contributed by atoms with Crippen LogP contribution in [0.1, 0.15) is 52.9 Å². The lowest BCUT2D eigenvalue weighted by Crippen LogP contribution is -1.94. The van der Waals surface area contributed by atoms with Crippen molar-refractivity contribution >= 4 is 5.78 Å². The van der Waals surface area contributed by atoms with Crippen LogP contribution in [-0.4, -0.2) is 5.78 Å². The zero-order valence-corrected chi connectivity index (χ0v) is 9.18. The lowest BCUT2D eigenvalue weighted by Gasteiger charge is -2.03. The summed E-state index contributed by atoms with van der Waals surface area (Å²) < 4.78 is 0. The molecule has 0 aromatic rings. The quantitative estimate of drug-likeness (QED) is 0.548. The summed E-state index contributed by atoms with van der Waals surface area (Å²) in [5.41, 5.74) is 0. The molecule has 0 bridgehead atoms. The molecule has 0 heterocycles. The molecule has 0 rings (SSSR count). The standard InChI is InChI=1S/C12H22O/c1-4-5-6-8-11(2)9-7-10-12(3)13/h6,8,11H,4-5,7,9-10H2,1-3H3/b8-6-. The van der Waals surface area contributed by atoms with Gasteiger partial charge in [0.25, 0.3) is 0 Å². The molecule has 1 heteroatoms. The minimum absolute atomic E-state index is 0.310. The Hall–Kier alpha value is -0.590. The summed E-state index contributed by atoms with van der Waals surface area (Å²) in [4.78, 5) is 10.7. The largest absolute Gasteiger partial charge is 0.300 e. The third kappa shape index (κ3) is 9.32. The molecule has 0 saturated heterocycles. The molecule has 0 amide bonds. The van der Waals surface area contributed by atoms with E-state index >= 15 is 0 Å². The second-order valence-corrected chi connectivity index (χ2v) is 3.79. The first-order chi connectivity index (χ1) is 6.16. The molecule has 0 aliphatic heterocycles. The van der Waals surface area contributed by atoms with Gasteiger partial charge in [0.15, 0.2) is 0 Å². The fourth-order valence-corrected chi connectivity index (χ4v) is 1.26. The number of hydrogen-bond acceptors (Lipinski definition) is 1. The molecule has 1 unspecified atom stereocenters. The average Bonchev–Trinajstić information content (AvgIpc) is 2.04. The van der Waals surface area contributed by atoms with E-state index in [1.807, 2.05) is 0 Å². The van der Waals surface area contributed by atoms with Crippen LogP contribution in [-0.2, 0) is 4.79 Å². The van der Waals surface area contributed by atoms with Crippen molar-refractivity contribution < 1.29 is 4.79 Å². The van der Waals surface area contributed by atoms with E-state index < -0.39 is 0 Å². The van der Waals surface area contributed by atoms with Gasteiger partial charge in [0.2, 0.25) is 0 Å². The molecular formula is C12H22O. The predicted octanol–water partition coefficient (Wildman–Crippen LogP) is 3.74. The number of allylic oxidation sites excluding steroid dienone is 2. The van der Waals surface area contributed by atoms with Crippen LogP contribution in [0.25, 0.3) is 0 Å². The van der Waals surface area contributed by atoms with Gasteiger partial charge in [-0.15, -0.1) is 0 Å². The molecule has 1 atom stereocenters. The normalized spacial score (nSPS) is 13.5. The number of unbranched alkanes of at least 4 members (excludes halogenated alkanes) is 1. The van der Waals surface area contributed by atoms with Gasteiger partial charge < -0.3 is 4.79 Å². The molecular weight excluding hydrogens is 160 g/mol. The monoisotopic (exact) mass is 182 g/mol. The van der Waals surface area contributed by atoms with Gasteiger partial charge in [0.1, 0.15) is 5.78 Å². The zero-order valence-electron chi connectivity index (χ0n) is 9.18. The van der Waals surface area contributed by atoms with E-state index in [0.29, 0.717) is 11.7 Å². The van der Waals surface area contributed by atoms with Crippen molar-refractivity contribution in [3.63, 3.8) is 0 Å². The van der Waals surface area contributed by atoms with Crippen LogP contribution in [0.5, 0.6) is 0 Å². The Morgan fingerprint density at radius 3 is 2.69 bits per heavy atom. The number of ketones is 1. The summed E-state index contributed by atoms with van der Waals surface area (Å²) in [6.45, 7) is 6.06. The van der Waals surface area contributed by atoms with Crippen molar-refractivity contribution in [2.45, 2.75) is 52.9 Å². The van der Waals surface area contributed by atoms with Crippen molar-refractivity contribution in [1.82, 2.24) is 0 Å². The molecule has 0 aromatic carbocycles. The number of hydrogen-bond donors (Lipinski definition) is 0. The van der Waals surface area contributed by atoms with E-state index in [4.69, 9.17) is 0 Å². The van der Waals surface area contributed by atoms with Crippen molar-refractivity contribution in [1.29, 1.82) is 0 Å². The Kier molecular flexibility index (Phi) is 7.66. The van der Waals surface area contributed by atoms with E-state index in [0.717, 1.165) is 19.3 Å². The van der Waals surface area contributed by atoms with Crippen LogP contribution < -0.4 is 0 Å². The molecule has 0 N–H and O–H groups in total. The van der Waals surface area contributed by atoms with Gasteiger partial charge in [0, 0.05) is 6.42 Å². The maximum absolute atomic E-state index is 10.7. The highest BCUT2D eigenvalue weighted by molar-refractivity contribution is 5.75. The van der Waals surface area contributed by atoms with Crippen LogP contribution in [0, 0.1) is 5.92 Å². The topological polar surface area (TPSA) is 17.1 Å². The number of carbonyl (C=O) groups is 1. The van der Waals surface area contributed by atoms with E-state index in [9.17, 15) is 4.79 Å². The van der Waals surface area contributed by atoms with Crippen molar-refractivity contribution in [3.8, 4) is 0 Å². The van der Waals surface area contributed by atoms with Crippen molar-refractivity contribution in [2.75, 3.05) is 0 Å². The van der Waals surface area contributed by atoms with Gasteiger partial charge in [-0.1, -0.05) is 32.4 Å². The van der Waals surface area contributed by atoms with E-state index in [1.165, 1.54) is 12.8 Å². The first-order valence-electron chi connectivity index (χ1n) is 5.33. The summed E-state index contributed by atoms with van der Waals surface area (Å²) in [5.74, 6) is 0.940. The van der Waals surface area contributed by atoms with E-state index in [1.54, 1.807) is 6.92 Å². The molecule has 0 aromatic heterocycles. The maximum atomic E-state index is 10.7. The molecule has 76 valence electrons. The summed E-state index contributed by atoms with van der Waals surface area (Å²) in [7, 11) is 0. The molecule has 0 spiro atoms. The summed E-state index contributed by atoms with van der Waals surface area (Å²) in [5, 5.41) is 0. The van der Waals surface area contributed by atoms with Gasteiger partial charge in [-0.2, -0.15) is 0 Å². The van der Waals surface area contributed by atoms with E-state index in [-0.39, 0.29) is 0 Å². The molecule has 0 saturated carbocycles. The van der Waals surface area contributed by atoms with Crippen LogP contribution in [0.4, 0.5) is 0 Å². The lowest BCUT2D eigenvalue weighted by atomic mass is 10.0. The van der Waals surface area contributed by atoms with Gasteiger partial charge in [-0.3, -0.25) is 0 Å². The first kappa shape index (κ1) is 12.4. The second-order valence-electron chi connectivity index (χ2n) is 3.79. The Balaban J connectivity index is 3.39. The van der Waals surface area contributed by atoms with Crippen LogP contribution in [0.3, 0.4) is 0 Å². The van der Waals surface area contributed by atoms with Crippen LogP contribution in [0.15, 0.2) is 12.2 Å². The second kappa shape index (κ2) is 8.03. The fraction of sp³-hybridized carbons (Fsp3) is 0.750. The Bertz CT molecular complexity index is 159. The van der Waals surface area contributed by atoms with Crippen LogP contribution in [0.2, 0.25) is 0 Å². The number of carbonyl (C=O) groups excluding carboxylic acids is 1. The molecule has 0 aliphatic carbocycles. The third-order valence-electron chi connectivity index (χ3n) is 2.11. The molecule has 1 nitrogen and oxygen atoms in total. The molecule has 0 radical (unpaired) electrons. The Morgan fingerprint density at radius 1 is 1.46 bits per heavy atom. The van der Waals surface area contributed by atoms with Gasteiger partial charge in [0.05, 0.1) is 0 Å². The highest BCUT2D eigenvalue weighted by Gasteiger charge is 1.98. The minimum Gasteiger partial charge on any atom is -0.300 e. The summed E-state index contributed by atoms with van der Waals surface area (Å²) >= 11 is 0. The van der Waals surface area contributed by atoms with Gasteiger partial charge >= 0.3 is 0 Å². The first-order valence-corrected chi connectivity index (χ1v) is 5.33.